The Morgan fingerprint density at radius 3 is 2.68 bits per heavy atom. The molecule has 102 valence electrons. The van der Waals surface area contributed by atoms with Gasteiger partial charge in [0, 0.05) is 13.1 Å². The molecular weight excluding hydrogens is 238 g/mol. The molecular formula is C16H21NO2. The van der Waals surface area contributed by atoms with E-state index in [2.05, 4.69) is 18.2 Å². The molecule has 3 heteroatoms. The molecule has 2 aliphatic rings. The molecule has 19 heavy (non-hydrogen) atoms. The third-order valence-electron chi connectivity index (χ3n) is 4.46. The molecule has 1 N–H and O–H groups in total. The SMILES string of the molecule is O=C(C1CCCC1O)N1CCCc2ccccc2C1. The van der Waals surface area contributed by atoms with Gasteiger partial charge in [-0.3, -0.25) is 4.79 Å². The number of carbonyl (C=O) groups excluding carboxylic acids is 1. The number of aliphatic hydroxyl groups is 1. The van der Waals surface area contributed by atoms with Crippen LogP contribution in [-0.2, 0) is 17.8 Å². The molecule has 0 radical (unpaired) electrons. The first kappa shape index (κ1) is 12.7. The van der Waals surface area contributed by atoms with Crippen molar-refractivity contribution in [3.05, 3.63) is 35.4 Å². The lowest BCUT2D eigenvalue weighted by molar-refractivity contribution is -0.138. The fraction of sp³-hybridized carbons (Fsp3) is 0.562. The maximum atomic E-state index is 12.5. The van der Waals surface area contributed by atoms with Crippen LogP contribution >= 0.6 is 0 Å². The molecule has 1 heterocycles. The number of aryl methyl sites for hydroxylation is 1. The van der Waals surface area contributed by atoms with Gasteiger partial charge in [-0.2, -0.15) is 0 Å². The minimum absolute atomic E-state index is 0.154. The number of carbonyl (C=O) groups is 1. The number of hydrogen-bond acceptors (Lipinski definition) is 2. The van der Waals surface area contributed by atoms with Crippen LogP contribution < -0.4 is 0 Å². The molecule has 2 atom stereocenters. The van der Waals surface area contributed by atoms with E-state index in [9.17, 15) is 9.90 Å². The lowest BCUT2D eigenvalue weighted by Crippen LogP contribution is -2.38. The third-order valence-corrected chi connectivity index (χ3v) is 4.46. The topological polar surface area (TPSA) is 40.5 Å². The number of aliphatic hydroxyl groups excluding tert-OH is 1. The van der Waals surface area contributed by atoms with Gasteiger partial charge in [0.05, 0.1) is 12.0 Å². The monoisotopic (exact) mass is 259 g/mol. The van der Waals surface area contributed by atoms with E-state index in [0.717, 1.165) is 38.6 Å². The zero-order valence-corrected chi connectivity index (χ0v) is 11.2. The van der Waals surface area contributed by atoms with E-state index in [1.54, 1.807) is 0 Å². The number of amides is 1. The normalized spacial score (nSPS) is 26.9. The molecule has 1 aromatic carbocycles. The van der Waals surface area contributed by atoms with Crippen LogP contribution in [0.15, 0.2) is 24.3 Å². The summed E-state index contributed by atoms with van der Waals surface area (Å²) in [6.07, 6.45) is 4.24. The summed E-state index contributed by atoms with van der Waals surface area (Å²) in [7, 11) is 0. The van der Waals surface area contributed by atoms with Crippen LogP contribution in [0, 0.1) is 5.92 Å². The van der Waals surface area contributed by atoms with Gasteiger partial charge in [0.1, 0.15) is 0 Å². The minimum atomic E-state index is -0.425. The van der Waals surface area contributed by atoms with Crippen LogP contribution in [0.5, 0.6) is 0 Å². The first-order chi connectivity index (χ1) is 9.25. The zero-order chi connectivity index (χ0) is 13.2. The zero-order valence-electron chi connectivity index (χ0n) is 11.2. The number of nitrogens with zero attached hydrogens (tertiary/aromatic N) is 1. The van der Waals surface area contributed by atoms with Crippen molar-refractivity contribution >= 4 is 5.91 Å². The van der Waals surface area contributed by atoms with Crippen LogP contribution in [0.4, 0.5) is 0 Å². The Hall–Kier alpha value is -1.35. The summed E-state index contributed by atoms with van der Waals surface area (Å²) >= 11 is 0. The second kappa shape index (κ2) is 5.33. The minimum Gasteiger partial charge on any atom is -0.392 e. The number of benzene rings is 1. The van der Waals surface area contributed by atoms with Gasteiger partial charge in [-0.25, -0.2) is 0 Å². The Morgan fingerprint density at radius 2 is 1.95 bits per heavy atom. The van der Waals surface area contributed by atoms with Gasteiger partial charge in [0.15, 0.2) is 0 Å². The van der Waals surface area contributed by atoms with Crippen molar-refractivity contribution < 1.29 is 9.90 Å². The smallest absolute Gasteiger partial charge is 0.228 e. The van der Waals surface area contributed by atoms with Crippen LogP contribution in [0.25, 0.3) is 0 Å². The van der Waals surface area contributed by atoms with Gasteiger partial charge >= 0.3 is 0 Å². The van der Waals surface area contributed by atoms with Gasteiger partial charge in [-0.1, -0.05) is 24.3 Å². The summed E-state index contributed by atoms with van der Waals surface area (Å²) in [6.45, 7) is 1.52. The van der Waals surface area contributed by atoms with Gasteiger partial charge < -0.3 is 10.0 Å². The van der Waals surface area contributed by atoms with E-state index in [0.29, 0.717) is 6.54 Å². The molecule has 1 aromatic rings. The fourth-order valence-electron chi connectivity index (χ4n) is 3.35. The molecule has 2 unspecified atom stereocenters. The molecule has 3 rings (SSSR count). The molecule has 3 nitrogen and oxygen atoms in total. The summed E-state index contributed by atoms with van der Waals surface area (Å²) in [5, 5.41) is 9.91. The number of fused-ring (bicyclic) bond motifs is 1. The number of rotatable bonds is 1. The predicted molar refractivity (Wildman–Crippen MR) is 73.5 cm³/mol. The molecule has 1 fully saturated rings. The van der Waals surface area contributed by atoms with Crippen LogP contribution in [0.3, 0.4) is 0 Å². The van der Waals surface area contributed by atoms with E-state index in [-0.39, 0.29) is 11.8 Å². The second-order valence-corrected chi connectivity index (χ2v) is 5.74. The summed E-state index contributed by atoms with van der Waals surface area (Å²) in [5.41, 5.74) is 2.63. The largest absolute Gasteiger partial charge is 0.392 e. The Kier molecular flexibility index (Phi) is 3.56. The Bertz CT molecular complexity index is 472. The van der Waals surface area contributed by atoms with Crippen LogP contribution in [0.1, 0.15) is 36.8 Å². The molecule has 0 aromatic heterocycles. The summed E-state index contributed by atoms with van der Waals surface area (Å²) in [6, 6.07) is 8.38. The van der Waals surface area contributed by atoms with Crippen molar-refractivity contribution in [1.29, 1.82) is 0 Å². The highest BCUT2D eigenvalue weighted by Gasteiger charge is 2.34. The average molecular weight is 259 g/mol. The molecule has 0 spiro atoms. The first-order valence-electron chi connectivity index (χ1n) is 7.29. The molecule has 1 aliphatic heterocycles. The Labute approximate surface area is 114 Å². The lowest BCUT2D eigenvalue weighted by Gasteiger charge is -2.25. The highest BCUT2D eigenvalue weighted by Crippen LogP contribution is 2.29. The molecule has 1 amide bonds. The van der Waals surface area contributed by atoms with E-state index < -0.39 is 6.10 Å². The fourth-order valence-corrected chi connectivity index (χ4v) is 3.35. The van der Waals surface area contributed by atoms with Crippen molar-refractivity contribution in [2.24, 2.45) is 5.92 Å². The maximum absolute atomic E-state index is 12.5. The van der Waals surface area contributed by atoms with Gasteiger partial charge in [0.2, 0.25) is 5.91 Å². The number of hydrogen-bond donors (Lipinski definition) is 1. The van der Waals surface area contributed by atoms with Gasteiger partial charge in [0.25, 0.3) is 0 Å². The van der Waals surface area contributed by atoms with Crippen molar-refractivity contribution in [3.63, 3.8) is 0 Å². The maximum Gasteiger partial charge on any atom is 0.228 e. The quantitative estimate of drug-likeness (QED) is 0.839. The van der Waals surface area contributed by atoms with E-state index >= 15 is 0 Å². The highest BCUT2D eigenvalue weighted by atomic mass is 16.3. The van der Waals surface area contributed by atoms with Crippen LogP contribution in [0.2, 0.25) is 0 Å². The Morgan fingerprint density at radius 1 is 1.16 bits per heavy atom. The molecule has 0 bridgehead atoms. The van der Waals surface area contributed by atoms with Crippen molar-refractivity contribution in [1.82, 2.24) is 4.90 Å². The summed E-state index contributed by atoms with van der Waals surface area (Å²) in [5.74, 6) is -0.00744. The third kappa shape index (κ3) is 2.52. The Balaban J connectivity index is 1.77. The summed E-state index contributed by atoms with van der Waals surface area (Å²) in [4.78, 5) is 14.5. The van der Waals surface area contributed by atoms with Crippen molar-refractivity contribution in [2.45, 2.75) is 44.8 Å². The molecule has 1 saturated carbocycles. The van der Waals surface area contributed by atoms with Crippen molar-refractivity contribution in [3.8, 4) is 0 Å². The van der Waals surface area contributed by atoms with E-state index in [4.69, 9.17) is 0 Å². The predicted octanol–water partition coefficient (Wildman–Crippen LogP) is 2.12. The second-order valence-electron chi connectivity index (χ2n) is 5.74. The first-order valence-corrected chi connectivity index (χ1v) is 7.29. The molecule has 1 aliphatic carbocycles. The summed E-state index contributed by atoms with van der Waals surface area (Å²) < 4.78 is 0. The molecule has 0 saturated heterocycles. The standard InChI is InChI=1S/C16H21NO2/c18-15-9-3-8-14(15)16(19)17-10-4-7-12-5-1-2-6-13(12)11-17/h1-2,5-6,14-15,18H,3-4,7-11H2. The van der Waals surface area contributed by atoms with Gasteiger partial charge in [-0.15, -0.1) is 0 Å². The lowest BCUT2D eigenvalue weighted by atomic mass is 10.0. The van der Waals surface area contributed by atoms with E-state index in [1.807, 2.05) is 11.0 Å². The highest BCUT2D eigenvalue weighted by molar-refractivity contribution is 5.79. The van der Waals surface area contributed by atoms with Crippen molar-refractivity contribution in [2.75, 3.05) is 6.54 Å². The van der Waals surface area contributed by atoms with Gasteiger partial charge in [-0.05, 0) is 43.2 Å². The van der Waals surface area contributed by atoms with E-state index in [1.165, 1.54) is 11.1 Å². The average Bonchev–Trinajstić information content (AvgIpc) is 2.73. The van der Waals surface area contributed by atoms with Crippen LogP contribution in [-0.4, -0.2) is 28.6 Å².